The molecule has 94 valence electrons. The van der Waals surface area contributed by atoms with Crippen molar-refractivity contribution in [3.05, 3.63) is 32.6 Å². The van der Waals surface area contributed by atoms with Crippen molar-refractivity contribution >= 4 is 17.3 Å². The number of halogens is 1. The Morgan fingerprint density at radius 1 is 1.59 bits per heavy atom. The van der Waals surface area contributed by atoms with Crippen LogP contribution in [-0.4, -0.2) is 37.9 Å². The molecule has 0 bridgehead atoms. The maximum Gasteiger partial charge on any atom is 0.290 e. The Morgan fingerprint density at radius 3 is 2.65 bits per heavy atom. The SMILES string of the molecule is Cc1nc(Cl)c(C(O)C(O)CO)cc1[N+](=O)[O-]. The van der Waals surface area contributed by atoms with Gasteiger partial charge in [0.1, 0.15) is 23.1 Å². The number of aryl methyl sites for hydroxylation is 1. The van der Waals surface area contributed by atoms with Gasteiger partial charge in [-0.05, 0) is 6.92 Å². The number of aliphatic hydroxyl groups excluding tert-OH is 3. The van der Waals surface area contributed by atoms with Crippen molar-refractivity contribution in [1.29, 1.82) is 0 Å². The van der Waals surface area contributed by atoms with Gasteiger partial charge in [0.15, 0.2) is 0 Å². The maximum atomic E-state index is 10.7. The third-order valence-electron chi connectivity index (χ3n) is 2.23. The van der Waals surface area contributed by atoms with Crippen LogP contribution in [0.1, 0.15) is 17.4 Å². The summed E-state index contributed by atoms with van der Waals surface area (Å²) in [6.07, 6.45) is -3.00. The molecule has 1 aromatic heterocycles. The average molecular weight is 263 g/mol. The van der Waals surface area contributed by atoms with E-state index in [2.05, 4.69) is 4.98 Å². The molecule has 1 rings (SSSR count). The minimum atomic E-state index is -1.53. The first-order valence-electron chi connectivity index (χ1n) is 4.67. The number of aromatic nitrogens is 1. The van der Waals surface area contributed by atoms with Crippen molar-refractivity contribution in [3.8, 4) is 0 Å². The van der Waals surface area contributed by atoms with Crippen molar-refractivity contribution in [1.82, 2.24) is 4.98 Å². The van der Waals surface area contributed by atoms with Crippen LogP contribution in [0.4, 0.5) is 5.69 Å². The van der Waals surface area contributed by atoms with E-state index in [0.717, 1.165) is 6.07 Å². The van der Waals surface area contributed by atoms with Crippen LogP contribution >= 0.6 is 11.6 Å². The summed E-state index contributed by atoms with van der Waals surface area (Å²) >= 11 is 5.72. The van der Waals surface area contributed by atoms with Gasteiger partial charge in [0.25, 0.3) is 5.69 Å². The smallest absolute Gasteiger partial charge is 0.290 e. The minimum Gasteiger partial charge on any atom is -0.394 e. The lowest BCUT2D eigenvalue weighted by atomic mass is 10.1. The third kappa shape index (κ3) is 2.89. The molecule has 8 heteroatoms. The molecule has 0 aliphatic rings. The standard InChI is InChI=1S/C9H11ClN2O5/c1-4-6(12(16)17)2-5(9(10)11-4)8(15)7(14)3-13/h2,7-8,13-15H,3H2,1H3. The van der Waals surface area contributed by atoms with E-state index in [4.69, 9.17) is 16.7 Å². The molecule has 0 saturated carbocycles. The second-order valence-electron chi connectivity index (χ2n) is 3.42. The highest BCUT2D eigenvalue weighted by atomic mass is 35.5. The normalized spacial score (nSPS) is 14.4. The molecule has 0 saturated heterocycles. The second kappa shape index (κ2) is 5.37. The molecule has 17 heavy (non-hydrogen) atoms. The van der Waals surface area contributed by atoms with Gasteiger partial charge in [-0.25, -0.2) is 4.98 Å². The number of rotatable bonds is 4. The van der Waals surface area contributed by atoms with Crippen molar-refractivity contribution in [3.63, 3.8) is 0 Å². The lowest BCUT2D eigenvalue weighted by Crippen LogP contribution is -2.22. The molecule has 0 radical (unpaired) electrons. The number of pyridine rings is 1. The van der Waals surface area contributed by atoms with Gasteiger partial charge in [0.05, 0.1) is 11.5 Å². The monoisotopic (exact) mass is 262 g/mol. The highest BCUT2D eigenvalue weighted by molar-refractivity contribution is 6.30. The van der Waals surface area contributed by atoms with Crippen molar-refractivity contribution < 1.29 is 20.2 Å². The molecular weight excluding hydrogens is 252 g/mol. The summed E-state index contributed by atoms with van der Waals surface area (Å²) in [5, 5.41) is 38.1. The lowest BCUT2D eigenvalue weighted by Gasteiger charge is -2.16. The fourth-order valence-electron chi connectivity index (χ4n) is 1.28. The number of nitrogens with zero attached hydrogens (tertiary/aromatic N) is 2. The number of hydrogen-bond acceptors (Lipinski definition) is 6. The quantitative estimate of drug-likeness (QED) is 0.409. The van der Waals surface area contributed by atoms with Crippen LogP contribution in [0.2, 0.25) is 5.15 Å². The summed E-state index contributed by atoms with van der Waals surface area (Å²) in [5.41, 5.74) is -0.298. The van der Waals surface area contributed by atoms with Gasteiger partial charge in [-0.2, -0.15) is 0 Å². The van der Waals surface area contributed by atoms with Crippen LogP contribution in [0.3, 0.4) is 0 Å². The highest BCUT2D eigenvalue weighted by Gasteiger charge is 2.25. The number of nitro groups is 1. The first kappa shape index (κ1) is 13.8. The Hall–Kier alpha value is -1.28. The topological polar surface area (TPSA) is 117 Å². The molecule has 2 unspecified atom stereocenters. The zero-order valence-corrected chi connectivity index (χ0v) is 9.63. The van der Waals surface area contributed by atoms with E-state index < -0.39 is 23.7 Å². The van der Waals surface area contributed by atoms with Gasteiger partial charge in [-0.15, -0.1) is 0 Å². The Kier molecular flexibility index (Phi) is 4.35. The maximum absolute atomic E-state index is 10.7. The number of hydrogen-bond donors (Lipinski definition) is 3. The van der Waals surface area contributed by atoms with Gasteiger partial charge in [0.2, 0.25) is 0 Å². The van der Waals surface area contributed by atoms with Gasteiger partial charge in [0, 0.05) is 11.6 Å². The molecule has 3 N–H and O–H groups in total. The summed E-state index contributed by atoms with van der Waals surface area (Å²) in [4.78, 5) is 13.7. The Balaban J connectivity index is 3.24. The van der Waals surface area contributed by atoms with Crippen molar-refractivity contribution in [2.75, 3.05) is 6.61 Å². The molecule has 0 spiro atoms. The summed E-state index contributed by atoms with van der Waals surface area (Å²) in [7, 11) is 0. The molecule has 0 amide bonds. The molecule has 2 atom stereocenters. The summed E-state index contributed by atoms with van der Waals surface area (Å²) in [6.45, 7) is 0.710. The van der Waals surface area contributed by atoms with Crippen molar-refractivity contribution in [2.24, 2.45) is 0 Å². The van der Waals surface area contributed by atoms with Crippen LogP contribution in [0, 0.1) is 17.0 Å². The van der Waals surface area contributed by atoms with E-state index in [1.807, 2.05) is 0 Å². The Bertz CT molecular complexity index is 440. The summed E-state index contributed by atoms with van der Waals surface area (Å²) in [6, 6.07) is 1.04. The van der Waals surface area contributed by atoms with E-state index >= 15 is 0 Å². The average Bonchev–Trinajstić information content (AvgIpc) is 2.26. The van der Waals surface area contributed by atoms with Gasteiger partial charge in [-0.3, -0.25) is 10.1 Å². The zero-order chi connectivity index (χ0) is 13.2. The van der Waals surface area contributed by atoms with Gasteiger partial charge in [-0.1, -0.05) is 11.6 Å². The first-order chi connectivity index (χ1) is 7.88. The summed E-state index contributed by atoms with van der Waals surface area (Å²) < 4.78 is 0. The predicted octanol–water partition coefficient (Wildman–Crippen LogP) is 0.338. The Labute approximate surface area is 101 Å². The molecule has 1 aromatic rings. The van der Waals surface area contributed by atoms with E-state index in [1.165, 1.54) is 6.92 Å². The molecular formula is C9H11ClN2O5. The molecule has 0 fully saturated rings. The molecule has 1 heterocycles. The van der Waals surface area contributed by atoms with Crippen LogP contribution in [0.25, 0.3) is 0 Å². The fraction of sp³-hybridized carbons (Fsp3) is 0.444. The van der Waals surface area contributed by atoms with E-state index in [0.29, 0.717) is 0 Å². The molecule has 0 aliphatic carbocycles. The Morgan fingerprint density at radius 2 is 2.18 bits per heavy atom. The van der Waals surface area contributed by atoms with Crippen molar-refractivity contribution in [2.45, 2.75) is 19.1 Å². The zero-order valence-electron chi connectivity index (χ0n) is 8.87. The van der Waals surface area contributed by atoms with Crippen LogP contribution in [-0.2, 0) is 0 Å². The van der Waals surface area contributed by atoms with E-state index in [9.17, 15) is 20.3 Å². The molecule has 7 nitrogen and oxygen atoms in total. The first-order valence-corrected chi connectivity index (χ1v) is 5.04. The van der Waals surface area contributed by atoms with Gasteiger partial charge < -0.3 is 15.3 Å². The second-order valence-corrected chi connectivity index (χ2v) is 3.78. The minimum absolute atomic E-state index is 0.0921. The van der Waals surface area contributed by atoms with Gasteiger partial charge >= 0.3 is 0 Å². The van der Waals surface area contributed by atoms with Crippen LogP contribution in [0.5, 0.6) is 0 Å². The lowest BCUT2D eigenvalue weighted by molar-refractivity contribution is -0.385. The van der Waals surface area contributed by atoms with Crippen LogP contribution < -0.4 is 0 Å². The molecule has 0 aliphatic heterocycles. The van der Waals surface area contributed by atoms with E-state index in [1.54, 1.807) is 0 Å². The largest absolute Gasteiger partial charge is 0.394 e. The number of aliphatic hydroxyl groups is 3. The predicted molar refractivity (Wildman–Crippen MR) is 58.7 cm³/mol. The summed E-state index contributed by atoms with van der Waals surface area (Å²) in [5.74, 6) is 0. The fourth-order valence-corrected chi connectivity index (χ4v) is 1.57. The van der Waals surface area contributed by atoms with E-state index in [-0.39, 0.29) is 22.1 Å². The molecule has 0 aromatic carbocycles. The van der Waals surface area contributed by atoms with Crippen LogP contribution in [0.15, 0.2) is 6.07 Å². The third-order valence-corrected chi connectivity index (χ3v) is 2.54. The highest BCUT2D eigenvalue weighted by Crippen LogP contribution is 2.29.